The van der Waals surface area contributed by atoms with Crippen LogP contribution in [0.4, 0.5) is 0 Å². The molecule has 168 valence electrons. The highest BCUT2D eigenvalue weighted by Crippen LogP contribution is 2.44. The van der Waals surface area contributed by atoms with Crippen molar-refractivity contribution < 1.29 is 14.0 Å². The first-order valence-electron chi connectivity index (χ1n) is 11.7. The van der Waals surface area contributed by atoms with Crippen LogP contribution in [0.15, 0.2) is 30.3 Å². The number of methoxy groups -OCH3 is 1. The van der Waals surface area contributed by atoms with Gasteiger partial charge in [-0.15, -0.1) is 0 Å². The molecule has 2 aliphatic rings. The Morgan fingerprint density at radius 3 is 2.37 bits per heavy atom. The molecule has 2 saturated heterocycles. The zero-order chi connectivity index (χ0) is 22.0. The van der Waals surface area contributed by atoms with Crippen LogP contribution in [0.3, 0.4) is 0 Å². The Bertz CT molecular complexity index is 666. The molecular weight excluding hydrogens is 389 g/mol. The lowest BCUT2D eigenvalue weighted by atomic mass is 9.80. The fraction of sp³-hybridized carbons (Fsp3) is 0.750. The summed E-state index contributed by atoms with van der Waals surface area (Å²) in [6, 6.07) is 11.4. The average Bonchev–Trinajstić information content (AvgIpc) is 3.16. The van der Waals surface area contributed by atoms with Crippen molar-refractivity contribution in [3.8, 4) is 0 Å². The Kier molecular flexibility index (Phi) is 7.56. The van der Waals surface area contributed by atoms with Crippen molar-refractivity contribution in [3.05, 3.63) is 35.9 Å². The molecule has 0 saturated carbocycles. The van der Waals surface area contributed by atoms with E-state index in [1.54, 1.807) is 0 Å². The fourth-order valence-corrected chi connectivity index (χ4v) is 8.54. The first kappa shape index (κ1) is 24.0. The van der Waals surface area contributed by atoms with Gasteiger partial charge in [0.05, 0.1) is 25.9 Å². The van der Waals surface area contributed by atoms with Crippen LogP contribution >= 0.6 is 0 Å². The number of hydrogen-bond donors (Lipinski definition) is 0. The van der Waals surface area contributed by atoms with E-state index in [9.17, 15) is 0 Å². The van der Waals surface area contributed by atoms with Crippen LogP contribution < -0.4 is 0 Å². The number of benzene rings is 1. The molecule has 1 aromatic rings. The molecule has 0 amide bonds. The van der Waals surface area contributed by atoms with Gasteiger partial charge in [0.2, 0.25) is 0 Å². The molecule has 0 radical (unpaired) electrons. The number of nitrogens with zero attached hydrogens (tertiary/aromatic N) is 1. The summed E-state index contributed by atoms with van der Waals surface area (Å²) in [5, 5.41) is 0. The maximum atomic E-state index is 6.61. The van der Waals surface area contributed by atoms with Gasteiger partial charge < -0.3 is 18.9 Å². The number of hydrogen-bond acceptors (Lipinski definition) is 4. The standard InChI is InChI=1S/C24H42BNO3Si/c1-23(2)24(3,4)29-25(28-23)22(16-15-20-12-9-8-10-13-20)30(6,7)19-26-17-11-14-21(26)18-27-5/h8-10,12-13,21-22H,11,14-19H2,1-7H3/t21-,22+/m1/s1. The van der Waals surface area contributed by atoms with Crippen molar-refractivity contribution in [2.24, 2.45) is 0 Å². The monoisotopic (exact) mass is 431 g/mol. The summed E-state index contributed by atoms with van der Waals surface area (Å²) in [4.78, 5) is 2.69. The molecular formula is C24H42BNO3Si. The smallest absolute Gasteiger partial charge is 0.403 e. The van der Waals surface area contributed by atoms with Crippen molar-refractivity contribution >= 4 is 15.2 Å². The highest BCUT2D eigenvalue weighted by atomic mass is 28.3. The lowest BCUT2D eigenvalue weighted by molar-refractivity contribution is 0.00578. The first-order chi connectivity index (χ1) is 14.1. The van der Waals surface area contributed by atoms with Gasteiger partial charge in [0.1, 0.15) is 0 Å². The molecule has 2 atom stereocenters. The third-order valence-corrected chi connectivity index (χ3v) is 11.4. The summed E-state index contributed by atoms with van der Waals surface area (Å²) in [6.45, 7) is 15.8. The molecule has 2 aliphatic heterocycles. The SMILES string of the molecule is COC[C@H]1CCCN1C[Si](C)(C)[C@@H](CCc1ccccc1)B1OC(C)(C)C(C)(C)O1. The molecule has 0 spiro atoms. The Morgan fingerprint density at radius 2 is 1.77 bits per heavy atom. The van der Waals surface area contributed by atoms with E-state index in [1.807, 2.05) is 7.11 Å². The Morgan fingerprint density at radius 1 is 1.13 bits per heavy atom. The lowest BCUT2D eigenvalue weighted by Gasteiger charge is -2.39. The van der Waals surface area contributed by atoms with Crippen molar-refractivity contribution in [3.63, 3.8) is 0 Å². The van der Waals surface area contributed by atoms with E-state index >= 15 is 0 Å². The van der Waals surface area contributed by atoms with Crippen LogP contribution in [0, 0.1) is 0 Å². The van der Waals surface area contributed by atoms with Gasteiger partial charge in [-0.2, -0.15) is 0 Å². The largest absolute Gasteiger partial charge is 0.458 e. The van der Waals surface area contributed by atoms with Gasteiger partial charge in [0, 0.05) is 13.2 Å². The number of rotatable bonds is 9. The van der Waals surface area contributed by atoms with Gasteiger partial charge in [-0.05, 0) is 70.7 Å². The molecule has 0 bridgehead atoms. The molecule has 2 fully saturated rings. The summed E-state index contributed by atoms with van der Waals surface area (Å²) in [5.74, 6) is 0. The van der Waals surface area contributed by atoms with Crippen molar-refractivity contribution in [1.82, 2.24) is 4.90 Å². The maximum Gasteiger partial charge on any atom is 0.458 e. The van der Waals surface area contributed by atoms with Crippen LogP contribution in [0.25, 0.3) is 0 Å². The number of aryl methyl sites for hydroxylation is 1. The number of ether oxygens (including phenoxy) is 1. The Hall–Kier alpha value is -0.658. The van der Waals surface area contributed by atoms with Gasteiger partial charge in [-0.3, -0.25) is 0 Å². The average molecular weight is 432 g/mol. The Balaban J connectivity index is 1.79. The van der Waals surface area contributed by atoms with Crippen LogP contribution in [-0.4, -0.2) is 63.8 Å². The van der Waals surface area contributed by atoms with E-state index in [2.05, 4.69) is 76.0 Å². The van der Waals surface area contributed by atoms with Crippen molar-refractivity contribution in [2.75, 3.05) is 26.4 Å². The summed E-state index contributed by atoms with van der Waals surface area (Å²) in [7, 11) is 0.0119. The first-order valence-corrected chi connectivity index (χ1v) is 15.0. The zero-order valence-corrected chi connectivity index (χ0v) is 21.2. The van der Waals surface area contributed by atoms with Crippen LogP contribution in [0.5, 0.6) is 0 Å². The topological polar surface area (TPSA) is 30.9 Å². The predicted octanol–water partition coefficient (Wildman–Crippen LogP) is 4.98. The second-order valence-electron chi connectivity index (χ2n) is 11.0. The van der Waals surface area contributed by atoms with Gasteiger partial charge in [0.25, 0.3) is 0 Å². The summed E-state index contributed by atoms with van der Waals surface area (Å²) in [6.07, 6.45) is 5.91. The highest BCUT2D eigenvalue weighted by Gasteiger charge is 2.56. The minimum Gasteiger partial charge on any atom is -0.403 e. The van der Waals surface area contributed by atoms with E-state index in [1.165, 1.54) is 31.1 Å². The summed E-state index contributed by atoms with van der Waals surface area (Å²) in [5.41, 5.74) is 1.29. The normalized spacial score (nSPS) is 25.0. The van der Waals surface area contributed by atoms with E-state index in [-0.39, 0.29) is 18.3 Å². The maximum absolute atomic E-state index is 6.61. The van der Waals surface area contributed by atoms with Crippen molar-refractivity contribution in [1.29, 1.82) is 0 Å². The van der Waals surface area contributed by atoms with Crippen LogP contribution in [0.2, 0.25) is 18.5 Å². The third kappa shape index (κ3) is 5.39. The third-order valence-electron chi connectivity index (χ3n) is 7.66. The van der Waals surface area contributed by atoms with Gasteiger partial charge >= 0.3 is 7.12 Å². The second-order valence-corrected chi connectivity index (χ2v) is 16.0. The molecule has 0 aromatic heterocycles. The fourth-order valence-electron chi connectivity index (χ4n) is 5.04. The van der Waals surface area contributed by atoms with E-state index in [4.69, 9.17) is 14.0 Å². The lowest BCUT2D eigenvalue weighted by Crippen LogP contribution is -2.53. The minimum absolute atomic E-state index is 0.121. The van der Waals surface area contributed by atoms with Crippen molar-refractivity contribution in [2.45, 2.75) is 89.2 Å². The van der Waals surface area contributed by atoms with E-state index in [0.29, 0.717) is 11.5 Å². The van der Waals surface area contributed by atoms with Gasteiger partial charge in [-0.25, -0.2) is 0 Å². The molecule has 0 N–H and O–H groups in total. The minimum atomic E-state index is -1.69. The van der Waals surface area contributed by atoms with Gasteiger partial charge in [-0.1, -0.05) is 49.8 Å². The van der Waals surface area contributed by atoms with Gasteiger partial charge in [0.15, 0.2) is 0 Å². The van der Waals surface area contributed by atoms with E-state index in [0.717, 1.165) is 19.4 Å². The molecule has 0 unspecified atom stereocenters. The molecule has 6 heteroatoms. The van der Waals surface area contributed by atoms with Crippen LogP contribution in [0.1, 0.15) is 52.5 Å². The molecule has 30 heavy (non-hydrogen) atoms. The predicted molar refractivity (Wildman–Crippen MR) is 129 cm³/mol. The number of likely N-dealkylation sites (tertiary alicyclic amines) is 1. The molecule has 1 aromatic carbocycles. The summed E-state index contributed by atoms with van der Waals surface area (Å²) < 4.78 is 18.7. The Labute approximate surface area is 185 Å². The quantitative estimate of drug-likeness (QED) is 0.516. The molecule has 0 aliphatic carbocycles. The highest BCUT2D eigenvalue weighted by molar-refractivity contribution is 6.88. The molecule has 3 rings (SSSR count). The zero-order valence-electron chi connectivity index (χ0n) is 20.2. The second kappa shape index (κ2) is 9.45. The summed E-state index contributed by atoms with van der Waals surface area (Å²) >= 11 is 0. The molecule has 2 heterocycles. The van der Waals surface area contributed by atoms with Crippen LogP contribution in [-0.2, 0) is 20.5 Å². The van der Waals surface area contributed by atoms with E-state index < -0.39 is 8.07 Å². The molecule has 4 nitrogen and oxygen atoms in total.